The minimum atomic E-state index is -0.183. The molecule has 0 saturated heterocycles. The third kappa shape index (κ3) is 3.17. The van der Waals surface area contributed by atoms with Crippen LogP contribution in [-0.2, 0) is 0 Å². The fraction of sp³-hybridized carbons (Fsp3) is 0.412. The van der Waals surface area contributed by atoms with Gasteiger partial charge in [0.05, 0.1) is 0 Å². The monoisotopic (exact) mass is 322 g/mol. The number of halogens is 2. The summed E-state index contributed by atoms with van der Waals surface area (Å²) in [5.41, 5.74) is 3.61. The second-order valence-electron chi connectivity index (χ2n) is 5.90. The van der Waals surface area contributed by atoms with E-state index in [1.165, 1.54) is 30.1 Å². The molecule has 1 aromatic rings. The van der Waals surface area contributed by atoms with Gasteiger partial charge in [0.25, 0.3) is 0 Å². The topological polar surface area (TPSA) is 0 Å². The summed E-state index contributed by atoms with van der Waals surface area (Å²) in [6.45, 7) is 6.73. The van der Waals surface area contributed by atoms with Gasteiger partial charge in [-0.1, -0.05) is 53.6 Å². The molecule has 0 nitrogen and oxygen atoms in total. The Kier molecular flexibility index (Phi) is 4.29. The lowest BCUT2D eigenvalue weighted by Gasteiger charge is -2.33. The average Bonchev–Trinajstić information content (AvgIpc) is 2.31. The molecule has 0 fully saturated rings. The van der Waals surface area contributed by atoms with E-state index in [-0.39, 0.29) is 11.2 Å². The van der Waals surface area contributed by atoms with E-state index in [0.717, 1.165) is 10.9 Å². The minimum Gasteiger partial charge on any atom is -0.206 e. The molecule has 0 heterocycles. The molecule has 0 atom stereocenters. The Morgan fingerprint density at radius 3 is 2.63 bits per heavy atom. The van der Waals surface area contributed by atoms with Crippen molar-refractivity contribution in [3.63, 3.8) is 0 Å². The molecule has 1 aliphatic rings. The second kappa shape index (κ2) is 5.62. The summed E-state index contributed by atoms with van der Waals surface area (Å²) in [6, 6.07) is 5.08. The second-order valence-corrected chi connectivity index (χ2v) is 6.75. The van der Waals surface area contributed by atoms with Crippen LogP contribution in [-0.4, -0.2) is 0 Å². The van der Waals surface area contributed by atoms with Crippen molar-refractivity contribution in [1.29, 1.82) is 0 Å². The van der Waals surface area contributed by atoms with Gasteiger partial charge in [-0.05, 0) is 49.3 Å². The zero-order valence-electron chi connectivity index (χ0n) is 11.8. The fourth-order valence-electron chi connectivity index (χ4n) is 2.85. The zero-order valence-corrected chi connectivity index (χ0v) is 13.3. The van der Waals surface area contributed by atoms with Crippen molar-refractivity contribution in [2.75, 3.05) is 0 Å². The molecule has 0 saturated carbocycles. The molecule has 1 aliphatic carbocycles. The molecule has 2 heteroatoms. The lowest BCUT2D eigenvalue weighted by molar-refractivity contribution is 0.377. The maximum absolute atomic E-state index is 13.8. The van der Waals surface area contributed by atoms with Gasteiger partial charge in [-0.15, -0.1) is 0 Å². The van der Waals surface area contributed by atoms with Crippen LogP contribution in [0.5, 0.6) is 0 Å². The SMILES string of the molecule is CC1=C(/C=C/c2c(F)cccc2Br)C(C)(C)CCC1. The van der Waals surface area contributed by atoms with Crippen LogP contribution >= 0.6 is 15.9 Å². The molecule has 0 aliphatic heterocycles. The van der Waals surface area contributed by atoms with Gasteiger partial charge in [-0.2, -0.15) is 0 Å². The predicted octanol–water partition coefficient (Wildman–Crippen LogP) is 6.13. The smallest absolute Gasteiger partial charge is 0.131 e. The van der Waals surface area contributed by atoms with Gasteiger partial charge in [0.1, 0.15) is 5.82 Å². The third-order valence-corrected chi connectivity index (χ3v) is 4.65. The number of hydrogen-bond donors (Lipinski definition) is 0. The van der Waals surface area contributed by atoms with Crippen molar-refractivity contribution in [2.24, 2.45) is 5.41 Å². The third-order valence-electron chi connectivity index (χ3n) is 3.96. The molecule has 102 valence electrons. The molecule has 0 amide bonds. The Morgan fingerprint density at radius 1 is 1.26 bits per heavy atom. The highest BCUT2D eigenvalue weighted by molar-refractivity contribution is 9.10. The molecular weight excluding hydrogens is 303 g/mol. The molecule has 0 N–H and O–H groups in total. The normalized spacial score (nSPS) is 19.2. The lowest BCUT2D eigenvalue weighted by atomic mass is 9.72. The highest BCUT2D eigenvalue weighted by atomic mass is 79.9. The van der Waals surface area contributed by atoms with Crippen LogP contribution in [0.1, 0.15) is 45.6 Å². The number of benzene rings is 1. The molecule has 2 rings (SSSR count). The van der Waals surface area contributed by atoms with Crippen molar-refractivity contribution in [3.05, 3.63) is 51.3 Å². The van der Waals surface area contributed by atoms with E-state index >= 15 is 0 Å². The van der Waals surface area contributed by atoms with Gasteiger partial charge < -0.3 is 0 Å². The molecule has 0 unspecified atom stereocenters. The van der Waals surface area contributed by atoms with Gasteiger partial charge in [0, 0.05) is 10.0 Å². The van der Waals surface area contributed by atoms with Gasteiger partial charge in [0.15, 0.2) is 0 Å². The molecule has 0 spiro atoms. The number of allylic oxidation sites excluding steroid dienone is 3. The van der Waals surface area contributed by atoms with Crippen molar-refractivity contribution < 1.29 is 4.39 Å². The van der Waals surface area contributed by atoms with E-state index in [1.807, 2.05) is 12.1 Å². The number of hydrogen-bond acceptors (Lipinski definition) is 0. The van der Waals surface area contributed by atoms with Crippen LogP contribution in [0.15, 0.2) is 39.9 Å². The zero-order chi connectivity index (χ0) is 14.0. The molecular formula is C17H20BrF. The summed E-state index contributed by atoms with van der Waals surface area (Å²) in [4.78, 5) is 0. The van der Waals surface area contributed by atoms with E-state index in [1.54, 1.807) is 6.07 Å². The van der Waals surface area contributed by atoms with E-state index in [0.29, 0.717) is 5.56 Å². The first-order chi connectivity index (χ1) is 8.92. The van der Waals surface area contributed by atoms with E-state index in [2.05, 4.69) is 42.8 Å². The number of rotatable bonds is 2. The maximum Gasteiger partial charge on any atom is 0.131 e. The van der Waals surface area contributed by atoms with Crippen molar-refractivity contribution in [1.82, 2.24) is 0 Å². The van der Waals surface area contributed by atoms with E-state index in [9.17, 15) is 4.39 Å². The van der Waals surface area contributed by atoms with Crippen LogP contribution in [0, 0.1) is 11.2 Å². The summed E-state index contributed by atoms with van der Waals surface area (Å²) in [7, 11) is 0. The summed E-state index contributed by atoms with van der Waals surface area (Å²) < 4.78 is 14.6. The summed E-state index contributed by atoms with van der Waals surface area (Å²) >= 11 is 3.41. The van der Waals surface area contributed by atoms with Crippen molar-refractivity contribution in [2.45, 2.75) is 40.0 Å². The predicted molar refractivity (Wildman–Crippen MR) is 83.5 cm³/mol. The standard InChI is InChI=1S/C17H20BrF/c1-12-6-5-11-17(2,3)14(12)10-9-13-15(18)7-4-8-16(13)19/h4,7-10H,5-6,11H2,1-3H3/b10-9+. The van der Waals surface area contributed by atoms with Crippen molar-refractivity contribution >= 4 is 22.0 Å². The Bertz CT molecular complexity index is 518. The first kappa shape index (κ1) is 14.5. The van der Waals surface area contributed by atoms with E-state index in [4.69, 9.17) is 0 Å². The first-order valence-electron chi connectivity index (χ1n) is 6.74. The fourth-order valence-corrected chi connectivity index (χ4v) is 3.32. The quantitative estimate of drug-likeness (QED) is 0.614. The Morgan fingerprint density at radius 2 is 2.00 bits per heavy atom. The summed E-state index contributed by atoms with van der Waals surface area (Å²) in [5.74, 6) is -0.183. The highest BCUT2D eigenvalue weighted by Gasteiger charge is 2.26. The van der Waals surface area contributed by atoms with Crippen LogP contribution in [0.4, 0.5) is 4.39 Å². The Balaban J connectivity index is 2.37. The van der Waals surface area contributed by atoms with Crippen LogP contribution < -0.4 is 0 Å². The molecule has 0 aromatic heterocycles. The highest BCUT2D eigenvalue weighted by Crippen LogP contribution is 2.41. The molecule has 19 heavy (non-hydrogen) atoms. The van der Waals surface area contributed by atoms with Gasteiger partial charge >= 0.3 is 0 Å². The van der Waals surface area contributed by atoms with Crippen molar-refractivity contribution in [3.8, 4) is 0 Å². The van der Waals surface area contributed by atoms with Gasteiger partial charge in [-0.3, -0.25) is 0 Å². The average molecular weight is 323 g/mol. The lowest BCUT2D eigenvalue weighted by Crippen LogP contribution is -2.18. The summed E-state index contributed by atoms with van der Waals surface area (Å²) in [5, 5.41) is 0. The van der Waals surface area contributed by atoms with Gasteiger partial charge in [0.2, 0.25) is 0 Å². The Hall–Kier alpha value is -0.890. The summed E-state index contributed by atoms with van der Waals surface area (Å²) in [6.07, 6.45) is 7.59. The maximum atomic E-state index is 13.8. The largest absolute Gasteiger partial charge is 0.206 e. The van der Waals surface area contributed by atoms with E-state index < -0.39 is 0 Å². The minimum absolute atomic E-state index is 0.183. The Labute approximate surface area is 123 Å². The van der Waals surface area contributed by atoms with Gasteiger partial charge in [-0.25, -0.2) is 4.39 Å². The molecule has 0 radical (unpaired) electrons. The molecule has 0 bridgehead atoms. The van der Waals surface area contributed by atoms with Crippen LogP contribution in [0.3, 0.4) is 0 Å². The first-order valence-corrected chi connectivity index (χ1v) is 7.53. The van der Waals surface area contributed by atoms with Crippen LogP contribution in [0.25, 0.3) is 6.08 Å². The molecule has 1 aromatic carbocycles. The van der Waals surface area contributed by atoms with Crippen LogP contribution in [0.2, 0.25) is 0 Å².